The molecular formula is C12H17BrFN3O3S. The van der Waals surface area contributed by atoms with Gasteiger partial charge in [-0.3, -0.25) is 4.79 Å². The van der Waals surface area contributed by atoms with Gasteiger partial charge in [-0.15, -0.1) is 0 Å². The van der Waals surface area contributed by atoms with E-state index >= 15 is 0 Å². The van der Waals surface area contributed by atoms with E-state index in [1.807, 2.05) is 0 Å². The van der Waals surface area contributed by atoms with Crippen LogP contribution in [0.4, 0.5) is 10.1 Å². The minimum atomic E-state index is -3.91. The smallest absolute Gasteiger partial charge is 0.244 e. The molecule has 21 heavy (non-hydrogen) atoms. The SMILES string of the molecule is CNC(=O)C(C)CN(C)S(=O)(=O)c1cc(Br)c(F)cc1N. The molecule has 0 fully saturated rings. The van der Waals surface area contributed by atoms with Crippen molar-refractivity contribution in [1.82, 2.24) is 9.62 Å². The maximum Gasteiger partial charge on any atom is 0.244 e. The number of nitrogens with two attached hydrogens (primary N) is 1. The Morgan fingerprint density at radius 3 is 2.62 bits per heavy atom. The number of carbonyl (C=O) groups excluding carboxylic acids is 1. The van der Waals surface area contributed by atoms with Gasteiger partial charge in [-0.1, -0.05) is 6.92 Å². The van der Waals surface area contributed by atoms with Crippen LogP contribution >= 0.6 is 15.9 Å². The summed E-state index contributed by atoms with van der Waals surface area (Å²) in [5.74, 6) is -1.45. The first-order valence-electron chi connectivity index (χ1n) is 6.03. The van der Waals surface area contributed by atoms with E-state index in [0.29, 0.717) is 0 Å². The molecule has 3 N–H and O–H groups in total. The van der Waals surface area contributed by atoms with Crippen molar-refractivity contribution in [3.05, 3.63) is 22.4 Å². The number of nitrogen functional groups attached to an aromatic ring is 1. The van der Waals surface area contributed by atoms with Crippen molar-refractivity contribution in [2.75, 3.05) is 26.4 Å². The topological polar surface area (TPSA) is 92.5 Å². The maximum absolute atomic E-state index is 13.3. The maximum atomic E-state index is 13.3. The highest BCUT2D eigenvalue weighted by molar-refractivity contribution is 9.10. The Morgan fingerprint density at radius 2 is 2.10 bits per heavy atom. The summed E-state index contributed by atoms with van der Waals surface area (Å²) >= 11 is 2.93. The van der Waals surface area contributed by atoms with E-state index in [-0.39, 0.29) is 27.5 Å². The van der Waals surface area contributed by atoms with Gasteiger partial charge in [0.1, 0.15) is 10.7 Å². The Bertz CT molecular complexity index is 651. The van der Waals surface area contributed by atoms with Crippen LogP contribution in [0.1, 0.15) is 6.92 Å². The molecule has 1 atom stereocenters. The average molecular weight is 382 g/mol. The quantitative estimate of drug-likeness (QED) is 0.748. The first-order chi connectivity index (χ1) is 9.61. The molecule has 1 rings (SSSR count). The molecule has 0 aliphatic carbocycles. The molecule has 0 spiro atoms. The number of carbonyl (C=O) groups is 1. The number of hydrogen-bond donors (Lipinski definition) is 2. The van der Waals surface area contributed by atoms with Gasteiger partial charge >= 0.3 is 0 Å². The molecule has 0 saturated carbocycles. The molecule has 0 bridgehead atoms. The van der Waals surface area contributed by atoms with E-state index in [4.69, 9.17) is 5.73 Å². The summed E-state index contributed by atoms with van der Waals surface area (Å²) in [7, 11) is -1.10. The second-order valence-electron chi connectivity index (χ2n) is 4.60. The van der Waals surface area contributed by atoms with Gasteiger partial charge in [-0.2, -0.15) is 0 Å². The number of halogens is 2. The van der Waals surface area contributed by atoms with Gasteiger partial charge in [-0.05, 0) is 28.1 Å². The number of nitrogens with zero attached hydrogens (tertiary/aromatic N) is 1. The Kier molecular flexibility index (Phi) is 5.71. The molecule has 0 saturated heterocycles. The van der Waals surface area contributed by atoms with E-state index < -0.39 is 21.8 Å². The van der Waals surface area contributed by atoms with E-state index in [9.17, 15) is 17.6 Å². The lowest BCUT2D eigenvalue weighted by atomic mass is 10.2. The zero-order chi connectivity index (χ0) is 16.4. The summed E-state index contributed by atoms with van der Waals surface area (Å²) in [6.07, 6.45) is 0. The normalized spacial score (nSPS) is 13.2. The summed E-state index contributed by atoms with van der Waals surface area (Å²) in [4.78, 5) is 11.3. The second-order valence-corrected chi connectivity index (χ2v) is 7.47. The van der Waals surface area contributed by atoms with E-state index in [0.717, 1.165) is 16.4 Å². The molecule has 0 radical (unpaired) electrons. The summed E-state index contributed by atoms with van der Waals surface area (Å²) in [6.45, 7) is 1.59. The lowest BCUT2D eigenvalue weighted by molar-refractivity contribution is -0.124. The minimum Gasteiger partial charge on any atom is -0.398 e. The summed E-state index contributed by atoms with van der Waals surface area (Å²) in [5, 5.41) is 2.45. The number of hydrogen-bond acceptors (Lipinski definition) is 4. The lowest BCUT2D eigenvalue weighted by Gasteiger charge is -2.21. The molecular weight excluding hydrogens is 365 g/mol. The zero-order valence-electron chi connectivity index (χ0n) is 11.9. The van der Waals surface area contributed by atoms with Gasteiger partial charge < -0.3 is 11.1 Å². The summed E-state index contributed by atoms with van der Waals surface area (Å²) < 4.78 is 39.2. The first-order valence-corrected chi connectivity index (χ1v) is 8.27. The largest absolute Gasteiger partial charge is 0.398 e. The van der Waals surface area contributed by atoms with Crippen molar-refractivity contribution in [3.63, 3.8) is 0 Å². The summed E-state index contributed by atoms with van der Waals surface area (Å²) in [6, 6.07) is 2.05. The first kappa shape index (κ1) is 17.9. The predicted molar refractivity (Wildman–Crippen MR) is 81.6 cm³/mol. The molecule has 118 valence electrons. The molecule has 9 heteroatoms. The Hall–Kier alpha value is -1.19. The Morgan fingerprint density at radius 1 is 1.52 bits per heavy atom. The third-order valence-electron chi connectivity index (χ3n) is 2.97. The second kappa shape index (κ2) is 6.71. The van der Waals surface area contributed by atoms with Gasteiger partial charge in [0, 0.05) is 26.6 Å². The number of sulfonamides is 1. The Labute approximate surface area is 131 Å². The van der Waals surface area contributed by atoms with E-state index in [1.165, 1.54) is 14.1 Å². The van der Waals surface area contributed by atoms with Crippen LogP contribution in [0.2, 0.25) is 0 Å². The molecule has 1 amide bonds. The van der Waals surface area contributed by atoms with Crippen LogP contribution in [0.25, 0.3) is 0 Å². The molecule has 0 aliphatic heterocycles. The standard InChI is InChI=1S/C12H17BrFN3O3S/c1-7(12(18)16-2)6-17(3)21(19,20)11-4-8(13)9(14)5-10(11)15/h4-5,7H,6,15H2,1-3H3,(H,16,18). The van der Waals surface area contributed by atoms with Crippen LogP contribution in [0.5, 0.6) is 0 Å². The highest BCUT2D eigenvalue weighted by Gasteiger charge is 2.27. The molecule has 6 nitrogen and oxygen atoms in total. The van der Waals surface area contributed by atoms with Gasteiger partial charge in [0.25, 0.3) is 0 Å². The van der Waals surface area contributed by atoms with Crippen molar-refractivity contribution in [2.24, 2.45) is 5.92 Å². The van der Waals surface area contributed by atoms with Crippen LogP contribution in [0.15, 0.2) is 21.5 Å². The van der Waals surface area contributed by atoms with Crippen molar-refractivity contribution in [2.45, 2.75) is 11.8 Å². The number of anilines is 1. The molecule has 1 aromatic rings. The van der Waals surface area contributed by atoms with E-state index in [1.54, 1.807) is 6.92 Å². The van der Waals surface area contributed by atoms with Crippen molar-refractivity contribution >= 4 is 37.5 Å². The molecule has 0 aliphatic rings. The third-order valence-corrected chi connectivity index (χ3v) is 5.45. The van der Waals surface area contributed by atoms with Crippen LogP contribution in [-0.4, -0.2) is 39.3 Å². The number of benzene rings is 1. The molecule has 0 aromatic heterocycles. The highest BCUT2D eigenvalue weighted by Crippen LogP contribution is 2.28. The number of nitrogens with one attached hydrogen (secondary N) is 1. The monoisotopic (exact) mass is 381 g/mol. The number of amides is 1. The minimum absolute atomic E-state index is 0.00280. The van der Waals surface area contributed by atoms with Crippen LogP contribution in [0.3, 0.4) is 0 Å². The summed E-state index contributed by atoms with van der Waals surface area (Å²) in [5.41, 5.74) is 5.40. The predicted octanol–water partition coefficient (Wildman–Crippen LogP) is 1.17. The average Bonchev–Trinajstić information content (AvgIpc) is 2.41. The fraction of sp³-hybridized carbons (Fsp3) is 0.417. The van der Waals surface area contributed by atoms with Crippen LogP contribution in [-0.2, 0) is 14.8 Å². The molecule has 1 aromatic carbocycles. The van der Waals surface area contributed by atoms with Crippen molar-refractivity contribution < 1.29 is 17.6 Å². The van der Waals surface area contributed by atoms with Gasteiger partial charge in [0.15, 0.2) is 0 Å². The van der Waals surface area contributed by atoms with Crippen LogP contribution < -0.4 is 11.1 Å². The fourth-order valence-electron chi connectivity index (χ4n) is 1.75. The lowest BCUT2D eigenvalue weighted by Crippen LogP contribution is -2.37. The van der Waals surface area contributed by atoms with Gasteiger partial charge in [-0.25, -0.2) is 17.1 Å². The zero-order valence-corrected chi connectivity index (χ0v) is 14.3. The number of rotatable bonds is 5. The van der Waals surface area contributed by atoms with Crippen molar-refractivity contribution in [3.8, 4) is 0 Å². The third kappa shape index (κ3) is 3.92. The van der Waals surface area contributed by atoms with E-state index in [2.05, 4.69) is 21.2 Å². The van der Waals surface area contributed by atoms with Crippen LogP contribution in [0, 0.1) is 11.7 Å². The van der Waals surface area contributed by atoms with Crippen molar-refractivity contribution in [1.29, 1.82) is 0 Å². The molecule has 0 heterocycles. The Balaban J connectivity index is 3.11. The fourth-order valence-corrected chi connectivity index (χ4v) is 3.62. The van der Waals surface area contributed by atoms with Gasteiger partial charge in [0.05, 0.1) is 10.2 Å². The van der Waals surface area contributed by atoms with Gasteiger partial charge in [0.2, 0.25) is 15.9 Å². The molecule has 1 unspecified atom stereocenters. The highest BCUT2D eigenvalue weighted by atomic mass is 79.9.